The second-order valence-corrected chi connectivity index (χ2v) is 4.81. The fourth-order valence-electron chi connectivity index (χ4n) is 1.90. The van der Waals surface area contributed by atoms with Crippen LogP contribution in [0.4, 0.5) is 0 Å². The molecule has 0 fully saturated rings. The maximum atomic E-state index is 12.6. The van der Waals surface area contributed by atoms with E-state index in [2.05, 4.69) is 10.3 Å². The standard InChI is InChI=1S/C13H23N5O2/c1-5-10-7-11(18(6-2)15-10)13(19)17(9(3)4)8-12(14)16-20/h7,9,20H,5-6,8H2,1-4H3,(H2,14,16). The third-order valence-corrected chi connectivity index (χ3v) is 3.06. The van der Waals surface area contributed by atoms with Crippen LogP contribution in [0.25, 0.3) is 0 Å². The van der Waals surface area contributed by atoms with Gasteiger partial charge in [0.05, 0.1) is 12.2 Å². The Morgan fingerprint density at radius 1 is 1.55 bits per heavy atom. The van der Waals surface area contributed by atoms with Crippen LogP contribution >= 0.6 is 0 Å². The Kier molecular flexibility index (Phi) is 5.54. The first kappa shape index (κ1) is 16.0. The van der Waals surface area contributed by atoms with E-state index in [1.54, 1.807) is 15.6 Å². The molecular weight excluding hydrogens is 258 g/mol. The van der Waals surface area contributed by atoms with Crippen LogP contribution < -0.4 is 5.73 Å². The van der Waals surface area contributed by atoms with E-state index < -0.39 is 0 Å². The Balaban J connectivity index is 3.08. The van der Waals surface area contributed by atoms with Gasteiger partial charge in [-0.05, 0) is 33.3 Å². The first-order valence-electron chi connectivity index (χ1n) is 6.78. The second kappa shape index (κ2) is 6.93. The molecule has 112 valence electrons. The molecule has 1 heterocycles. The maximum Gasteiger partial charge on any atom is 0.272 e. The Bertz CT molecular complexity index is 493. The van der Waals surface area contributed by atoms with Crippen molar-refractivity contribution in [3.8, 4) is 0 Å². The Hall–Kier alpha value is -2.05. The Morgan fingerprint density at radius 2 is 2.20 bits per heavy atom. The number of hydrogen-bond donors (Lipinski definition) is 2. The van der Waals surface area contributed by atoms with Gasteiger partial charge in [0, 0.05) is 12.6 Å². The summed E-state index contributed by atoms with van der Waals surface area (Å²) in [5, 5.41) is 16.0. The summed E-state index contributed by atoms with van der Waals surface area (Å²) in [5.41, 5.74) is 6.92. The predicted octanol–water partition coefficient (Wildman–Crippen LogP) is 1.06. The van der Waals surface area contributed by atoms with Gasteiger partial charge in [-0.2, -0.15) is 5.10 Å². The molecule has 20 heavy (non-hydrogen) atoms. The van der Waals surface area contributed by atoms with Gasteiger partial charge in [0.2, 0.25) is 0 Å². The summed E-state index contributed by atoms with van der Waals surface area (Å²) >= 11 is 0. The van der Waals surface area contributed by atoms with E-state index in [1.165, 1.54) is 0 Å². The molecule has 0 aliphatic carbocycles. The van der Waals surface area contributed by atoms with Gasteiger partial charge >= 0.3 is 0 Å². The highest BCUT2D eigenvalue weighted by atomic mass is 16.4. The van der Waals surface area contributed by atoms with Crippen LogP contribution in [0.3, 0.4) is 0 Å². The lowest BCUT2D eigenvalue weighted by molar-refractivity contribution is 0.0721. The minimum Gasteiger partial charge on any atom is -0.409 e. The minimum absolute atomic E-state index is 0.00493. The first-order valence-corrected chi connectivity index (χ1v) is 6.78. The fourth-order valence-corrected chi connectivity index (χ4v) is 1.90. The van der Waals surface area contributed by atoms with Crippen molar-refractivity contribution in [2.75, 3.05) is 6.54 Å². The normalized spacial score (nSPS) is 11.9. The highest BCUT2D eigenvalue weighted by molar-refractivity contribution is 5.96. The van der Waals surface area contributed by atoms with Crippen molar-refractivity contribution in [3.63, 3.8) is 0 Å². The number of oxime groups is 1. The van der Waals surface area contributed by atoms with Gasteiger partial charge in [-0.3, -0.25) is 9.48 Å². The van der Waals surface area contributed by atoms with E-state index >= 15 is 0 Å². The topological polar surface area (TPSA) is 96.7 Å². The van der Waals surface area contributed by atoms with Gasteiger partial charge in [0.1, 0.15) is 5.69 Å². The first-order chi connectivity index (χ1) is 9.44. The van der Waals surface area contributed by atoms with Crippen molar-refractivity contribution >= 4 is 11.7 Å². The van der Waals surface area contributed by atoms with Gasteiger partial charge in [0.15, 0.2) is 5.84 Å². The molecule has 0 bridgehead atoms. The quantitative estimate of drug-likeness (QED) is 0.353. The number of amidine groups is 1. The molecule has 0 aliphatic rings. The lowest BCUT2D eigenvalue weighted by Crippen LogP contribution is -2.43. The molecule has 1 aromatic heterocycles. The van der Waals surface area contributed by atoms with E-state index in [0.29, 0.717) is 12.2 Å². The molecule has 0 radical (unpaired) electrons. The monoisotopic (exact) mass is 281 g/mol. The zero-order chi connectivity index (χ0) is 15.3. The number of carbonyl (C=O) groups is 1. The van der Waals surface area contributed by atoms with E-state index in [1.807, 2.05) is 27.7 Å². The molecule has 0 aliphatic heterocycles. The van der Waals surface area contributed by atoms with Gasteiger partial charge in [-0.25, -0.2) is 0 Å². The zero-order valence-electron chi connectivity index (χ0n) is 12.5. The molecule has 1 rings (SSSR count). The highest BCUT2D eigenvalue weighted by Crippen LogP contribution is 2.11. The van der Waals surface area contributed by atoms with Gasteiger partial charge in [-0.1, -0.05) is 12.1 Å². The van der Waals surface area contributed by atoms with E-state index in [9.17, 15) is 4.79 Å². The smallest absolute Gasteiger partial charge is 0.272 e. The fraction of sp³-hybridized carbons (Fsp3) is 0.615. The van der Waals surface area contributed by atoms with Crippen molar-refractivity contribution in [2.45, 2.75) is 46.7 Å². The van der Waals surface area contributed by atoms with Gasteiger partial charge in [0.25, 0.3) is 5.91 Å². The predicted molar refractivity (Wildman–Crippen MR) is 76.9 cm³/mol. The summed E-state index contributed by atoms with van der Waals surface area (Å²) in [7, 11) is 0. The summed E-state index contributed by atoms with van der Waals surface area (Å²) in [4.78, 5) is 14.2. The molecule has 0 saturated carbocycles. The minimum atomic E-state index is -0.166. The molecule has 0 atom stereocenters. The summed E-state index contributed by atoms with van der Waals surface area (Å²) in [5.74, 6) is -0.161. The largest absolute Gasteiger partial charge is 0.409 e. The number of hydrogen-bond acceptors (Lipinski definition) is 4. The second-order valence-electron chi connectivity index (χ2n) is 4.81. The Morgan fingerprint density at radius 3 is 2.65 bits per heavy atom. The van der Waals surface area contributed by atoms with Gasteiger partial charge < -0.3 is 15.8 Å². The van der Waals surface area contributed by atoms with Gasteiger partial charge in [-0.15, -0.1) is 0 Å². The van der Waals surface area contributed by atoms with Crippen molar-refractivity contribution in [1.29, 1.82) is 0 Å². The van der Waals surface area contributed by atoms with Crippen LogP contribution in [0.5, 0.6) is 0 Å². The Labute approximate surface area is 119 Å². The van der Waals surface area contributed by atoms with Crippen LogP contribution in [-0.4, -0.2) is 44.2 Å². The average Bonchev–Trinajstić information content (AvgIpc) is 2.86. The molecule has 0 saturated heterocycles. The number of amides is 1. The number of carbonyl (C=O) groups excluding carboxylic acids is 1. The van der Waals surface area contributed by atoms with Crippen LogP contribution in [-0.2, 0) is 13.0 Å². The van der Waals surface area contributed by atoms with Crippen LogP contribution in [0, 0.1) is 0 Å². The molecule has 3 N–H and O–H groups in total. The lowest BCUT2D eigenvalue weighted by atomic mass is 10.2. The van der Waals surface area contributed by atoms with Crippen LogP contribution in [0.2, 0.25) is 0 Å². The van der Waals surface area contributed by atoms with Crippen LogP contribution in [0.1, 0.15) is 43.9 Å². The highest BCUT2D eigenvalue weighted by Gasteiger charge is 2.23. The summed E-state index contributed by atoms with van der Waals surface area (Å²) in [6, 6.07) is 1.74. The zero-order valence-corrected chi connectivity index (χ0v) is 12.5. The van der Waals surface area contributed by atoms with Crippen LogP contribution in [0.15, 0.2) is 11.2 Å². The molecule has 7 heteroatoms. The molecular formula is C13H23N5O2. The molecule has 0 spiro atoms. The van der Waals surface area contributed by atoms with Crippen molar-refractivity contribution in [2.24, 2.45) is 10.9 Å². The van der Waals surface area contributed by atoms with Crippen molar-refractivity contribution in [1.82, 2.24) is 14.7 Å². The summed E-state index contributed by atoms with van der Waals surface area (Å²) in [6.45, 7) is 8.41. The summed E-state index contributed by atoms with van der Waals surface area (Å²) < 4.78 is 1.68. The average molecular weight is 281 g/mol. The summed E-state index contributed by atoms with van der Waals surface area (Å²) in [6.07, 6.45) is 0.773. The number of aryl methyl sites for hydroxylation is 2. The van der Waals surface area contributed by atoms with E-state index in [-0.39, 0.29) is 24.3 Å². The third-order valence-electron chi connectivity index (χ3n) is 3.06. The molecule has 0 unspecified atom stereocenters. The number of nitrogens with zero attached hydrogens (tertiary/aromatic N) is 4. The molecule has 7 nitrogen and oxygen atoms in total. The number of aromatic nitrogens is 2. The van der Waals surface area contributed by atoms with E-state index in [0.717, 1.165) is 12.1 Å². The molecule has 0 aromatic carbocycles. The SMILES string of the molecule is CCc1cc(C(=O)N(CC(N)=NO)C(C)C)n(CC)n1. The maximum absolute atomic E-state index is 12.6. The molecule has 1 aromatic rings. The lowest BCUT2D eigenvalue weighted by Gasteiger charge is -2.26. The molecule has 1 amide bonds. The van der Waals surface area contributed by atoms with Crippen molar-refractivity contribution < 1.29 is 10.0 Å². The number of rotatable bonds is 6. The van der Waals surface area contributed by atoms with E-state index in [4.69, 9.17) is 10.9 Å². The van der Waals surface area contributed by atoms with Crippen molar-refractivity contribution in [3.05, 3.63) is 17.5 Å². The number of nitrogens with two attached hydrogens (primary N) is 1. The third kappa shape index (κ3) is 3.49.